The van der Waals surface area contributed by atoms with Gasteiger partial charge in [-0.3, -0.25) is 0 Å². The maximum absolute atomic E-state index is 12.1. The summed E-state index contributed by atoms with van der Waals surface area (Å²) in [6.45, 7) is 0. The molecule has 1 heterocycles. The van der Waals surface area contributed by atoms with Crippen molar-refractivity contribution in [3.8, 4) is 22.8 Å². The molecular weight excluding hydrogens is 306 g/mol. The number of aromatic nitrogens is 1. The zero-order chi connectivity index (χ0) is 17.1. The first-order chi connectivity index (χ1) is 11.7. The minimum Gasteiger partial charge on any atom is -0.493 e. The predicted molar refractivity (Wildman–Crippen MR) is 91.6 cm³/mol. The number of hydrogen-bond donors (Lipinski definition) is 0. The molecule has 0 atom stereocenters. The Balaban J connectivity index is 2.21. The van der Waals surface area contributed by atoms with E-state index in [1.165, 1.54) is 7.11 Å². The van der Waals surface area contributed by atoms with Gasteiger partial charge < -0.3 is 14.2 Å². The monoisotopic (exact) mass is 323 g/mol. The van der Waals surface area contributed by atoms with E-state index in [2.05, 4.69) is 4.98 Å². The number of fused-ring (bicyclic) bond motifs is 1. The zero-order valence-electron chi connectivity index (χ0n) is 13.7. The second-order valence-corrected chi connectivity index (χ2v) is 5.13. The number of para-hydroxylation sites is 1. The summed E-state index contributed by atoms with van der Waals surface area (Å²) in [6.07, 6.45) is 0. The quantitative estimate of drug-likeness (QED) is 0.685. The van der Waals surface area contributed by atoms with Crippen molar-refractivity contribution in [2.45, 2.75) is 0 Å². The lowest BCUT2D eigenvalue weighted by Gasteiger charge is -2.11. The van der Waals surface area contributed by atoms with Crippen molar-refractivity contribution < 1.29 is 19.0 Å². The third kappa shape index (κ3) is 2.76. The number of benzene rings is 2. The van der Waals surface area contributed by atoms with Crippen molar-refractivity contribution in [3.05, 3.63) is 54.1 Å². The summed E-state index contributed by atoms with van der Waals surface area (Å²) in [4.78, 5) is 16.8. The van der Waals surface area contributed by atoms with Crippen LogP contribution in [0.25, 0.3) is 22.2 Å². The summed E-state index contributed by atoms with van der Waals surface area (Å²) in [6, 6.07) is 14.7. The van der Waals surface area contributed by atoms with Crippen LogP contribution in [0.5, 0.6) is 11.5 Å². The number of methoxy groups -OCH3 is 3. The van der Waals surface area contributed by atoms with Crippen LogP contribution in [0.1, 0.15) is 10.4 Å². The summed E-state index contributed by atoms with van der Waals surface area (Å²) in [7, 11) is 4.53. The molecule has 0 amide bonds. The average Bonchev–Trinajstić information content (AvgIpc) is 2.65. The zero-order valence-corrected chi connectivity index (χ0v) is 13.7. The maximum Gasteiger partial charge on any atom is 0.338 e. The van der Waals surface area contributed by atoms with Crippen molar-refractivity contribution in [3.63, 3.8) is 0 Å². The fourth-order valence-electron chi connectivity index (χ4n) is 2.60. The number of carbonyl (C=O) groups is 1. The van der Waals surface area contributed by atoms with E-state index in [4.69, 9.17) is 14.2 Å². The van der Waals surface area contributed by atoms with Crippen LogP contribution in [-0.4, -0.2) is 32.3 Å². The van der Waals surface area contributed by atoms with E-state index in [9.17, 15) is 4.79 Å². The Morgan fingerprint density at radius 1 is 0.917 bits per heavy atom. The van der Waals surface area contributed by atoms with Gasteiger partial charge in [-0.25, -0.2) is 9.78 Å². The van der Waals surface area contributed by atoms with Crippen LogP contribution in [0.2, 0.25) is 0 Å². The van der Waals surface area contributed by atoms with E-state index in [1.807, 2.05) is 42.5 Å². The average molecular weight is 323 g/mol. The number of hydrogen-bond acceptors (Lipinski definition) is 5. The summed E-state index contributed by atoms with van der Waals surface area (Å²) < 4.78 is 15.5. The molecule has 3 rings (SSSR count). The van der Waals surface area contributed by atoms with Gasteiger partial charge >= 0.3 is 5.97 Å². The number of nitrogens with zero attached hydrogens (tertiary/aromatic N) is 1. The Morgan fingerprint density at radius 3 is 2.38 bits per heavy atom. The third-order valence-corrected chi connectivity index (χ3v) is 3.80. The Morgan fingerprint density at radius 2 is 1.67 bits per heavy atom. The molecule has 0 bridgehead atoms. The lowest BCUT2D eigenvalue weighted by Crippen LogP contribution is -2.04. The summed E-state index contributed by atoms with van der Waals surface area (Å²) >= 11 is 0. The fourth-order valence-corrected chi connectivity index (χ4v) is 2.60. The minimum atomic E-state index is -0.393. The molecule has 0 spiro atoms. The van der Waals surface area contributed by atoms with Crippen LogP contribution >= 0.6 is 0 Å². The molecule has 24 heavy (non-hydrogen) atoms. The summed E-state index contributed by atoms with van der Waals surface area (Å²) in [5.74, 6) is 0.843. The molecule has 2 aromatic carbocycles. The van der Waals surface area contributed by atoms with Gasteiger partial charge in [-0.15, -0.1) is 0 Å². The Kier molecular flexibility index (Phi) is 4.33. The SMILES string of the molecule is COC(=O)c1cc(-c2ccc(OC)c(OC)c2)nc2ccccc12. The Bertz CT molecular complexity index is 905. The van der Waals surface area contributed by atoms with E-state index < -0.39 is 5.97 Å². The van der Waals surface area contributed by atoms with Gasteiger partial charge in [0.15, 0.2) is 11.5 Å². The second-order valence-electron chi connectivity index (χ2n) is 5.13. The number of rotatable bonds is 4. The first kappa shape index (κ1) is 15.8. The van der Waals surface area contributed by atoms with E-state index in [0.717, 1.165) is 16.5 Å². The van der Waals surface area contributed by atoms with Crippen molar-refractivity contribution in [1.29, 1.82) is 0 Å². The van der Waals surface area contributed by atoms with Gasteiger partial charge in [-0.2, -0.15) is 0 Å². The van der Waals surface area contributed by atoms with Crippen LogP contribution in [0, 0.1) is 0 Å². The fraction of sp³-hybridized carbons (Fsp3) is 0.158. The highest BCUT2D eigenvalue weighted by molar-refractivity contribution is 6.04. The van der Waals surface area contributed by atoms with Gasteiger partial charge in [0.1, 0.15) is 0 Å². The van der Waals surface area contributed by atoms with E-state index >= 15 is 0 Å². The maximum atomic E-state index is 12.1. The molecule has 0 aliphatic heterocycles. The van der Waals surface area contributed by atoms with Gasteiger partial charge in [0.2, 0.25) is 0 Å². The molecule has 0 N–H and O–H groups in total. The Labute approximate surface area is 139 Å². The Hall–Kier alpha value is -3.08. The van der Waals surface area contributed by atoms with Gasteiger partial charge in [-0.05, 0) is 30.3 Å². The van der Waals surface area contributed by atoms with Gasteiger partial charge in [0.05, 0.1) is 38.1 Å². The van der Waals surface area contributed by atoms with Gasteiger partial charge in [-0.1, -0.05) is 18.2 Å². The molecule has 0 saturated heterocycles. The number of esters is 1. The summed E-state index contributed by atoms with van der Waals surface area (Å²) in [5.41, 5.74) is 2.69. The van der Waals surface area contributed by atoms with E-state index in [0.29, 0.717) is 22.8 Å². The molecule has 3 aromatic rings. The van der Waals surface area contributed by atoms with Crippen molar-refractivity contribution >= 4 is 16.9 Å². The van der Waals surface area contributed by atoms with Crippen molar-refractivity contribution in [2.75, 3.05) is 21.3 Å². The summed E-state index contributed by atoms with van der Waals surface area (Å²) in [5, 5.41) is 0.758. The second kappa shape index (κ2) is 6.58. The molecule has 0 unspecified atom stereocenters. The van der Waals surface area contributed by atoms with E-state index in [1.54, 1.807) is 20.3 Å². The molecule has 5 nitrogen and oxygen atoms in total. The molecule has 0 aliphatic carbocycles. The smallest absolute Gasteiger partial charge is 0.338 e. The molecule has 0 radical (unpaired) electrons. The van der Waals surface area contributed by atoms with Gasteiger partial charge in [0.25, 0.3) is 0 Å². The topological polar surface area (TPSA) is 57.7 Å². The highest BCUT2D eigenvalue weighted by Crippen LogP contribution is 2.33. The lowest BCUT2D eigenvalue weighted by molar-refractivity contribution is 0.0603. The molecule has 0 fully saturated rings. The highest BCUT2D eigenvalue weighted by atomic mass is 16.5. The molecular formula is C19H17NO4. The first-order valence-corrected chi connectivity index (χ1v) is 7.38. The third-order valence-electron chi connectivity index (χ3n) is 3.80. The molecule has 122 valence electrons. The molecule has 0 saturated carbocycles. The van der Waals surface area contributed by atoms with Gasteiger partial charge in [0, 0.05) is 10.9 Å². The van der Waals surface area contributed by atoms with E-state index in [-0.39, 0.29) is 0 Å². The molecule has 5 heteroatoms. The normalized spacial score (nSPS) is 10.5. The van der Waals surface area contributed by atoms with Crippen LogP contribution in [0.4, 0.5) is 0 Å². The number of carbonyl (C=O) groups excluding carboxylic acids is 1. The molecule has 0 aliphatic rings. The number of ether oxygens (including phenoxy) is 3. The van der Waals surface area contributed by atoms with Crippen LogP contribution in [0.15, 0.2) is 48.5 Å². The van der Waals surface area contributed by atoms with Crippen LogP contribution < -0.4 is 9.47 Å². The van der Waals surface area contributed by atoms with Crippen molar-refractivity contribution in [1.82, 2.24) is 4.98 Å². The molecule has 1 aromatic heterocycles. The predicted octanol–water partition coefficient (Wildman–Crippen LogP) is 3.71. The van der Waals surface area contributed by atoms with Crippen LogP contribution in [-0.2, 0) is 4.74 Å². The number of pyridine rings is 1. The van der Waals surface area contributed by atoms with Crippen LogP contribution in [0.3, 0.4) is 0 Å². The largest absolute Gasteiger partial charge is 0.493 e. The minimum absolute atomic E-state index is 0.393. The first-order valence-electron chi connectivity index (χ1n) is 7.38. The van der Waals surface area contributed by atoms with Crippen molar-refractivity contribution in [2.24, 2.45) is 0 Å². The highest BCUT2D eigenvalue weighted by Gasteiger charge is 2.15. The lowest BCUT2D eigenvalue weighted by atomic mass is 10.0. The standard InChI is InChI=1S/C19H17NO4/c1-22-17-9-8-12(10-18(17)23-2)16-11-14(19(21)24-3)13-6-4-5-7-15(13)20-16/h4-11H,1-3H3.